The van der Waals surface area contributed by atoms with Gasteiger partial charge in [0.05, 0.1) is 19.3 Å². The summed E-state index contributed by atoms with van der Waals surface area (Å²) >= 11 is 1.23. The first-order valence-electron chi connectivity index (χ1n) is 8.68. The number of nitrogens with one attached hydrogen (secondary N) is 2. The Morgan fingerprint density at radius 2 is 1.83 bits per heavy atom. The van der Waals surface area contributed by atoms with E-state index in [0.29, 0.717) is 34.5 Å². The molecule has 2 aromatic carbocycles. The average molecular weight is 416 g/mol. The van der Waals surface area contributed by atoms with Gasteiger partial charge >= 0.3 is 0 Å². The highest BCUT2D eigenvalue weighted by Gasteiger charge is 2.23. The molecule has 0 fully saturated rings. The lowest BCUT2D eigenvalue weighted by molar-refractivity contribution is 0.351. The number of nitrogens with zero attached hydrogens (tertiary/aromatic N) is 2. The zero-order chi connectivity index (χ0) is 21.0. The second kappa shape index (κ2) is 8.95. The van der Waals surface area contributed by atoms with Gasteiger partial charge in [-0.1, -0.05) is 5.16 Å². The number of halogens is 1. The van der Waals surface area contributed by atoms with Crippen molar-refractivity contribution in [2.45, 2.75) is 13.0 Å². The maximum Gasteiger partial charge on any atom is 0.223 e. The van der Waals surface area contributed by atoms with E-state index in [1.807, 2.05) is 24.3 Å². The number of ether oxygens (including phenoxy) is 2. The maximum atomic E-state index is 14.8. The van der Waals surface area contributed by atoms with Crippen molar-refractivity contribution in [1.29, 1.82) is 5.41 Å². The molecule has 0 bridgehead atoms. The van der Waals surface area contributed by atoms with Crippen molar-refractivity contribution in [3.8, 4) is 22.9 Å². The van der Waals surface area contributed by atoms with Crippen molar-refractivity contribution >= 4 is 22.5 Å². The van der Waals surface area contributed by atoms with Gasteiger partial charge in [0, 0.05) is 29.8 Å². The van der Waals surface area contributed by atoms with Crippen molar-refractivity contribution in [2.24, 2.45) is 0 Å². The van der Waals surface area contributed by atoms with Gasteiger partial charge in [-0.3, -0.25) is 5.41 Å². The van der Waals surface area contributed by atoms with Crippen LogP contribution in [0.25, 0.3) is 11.4 Å². The van der Waals surface area contributed by atoms with E-state index in [9.17, 15) is 4.39 Å². The van der Waals surface area contributed by atoms with Crippen molar-refractivity contribution in [3.63, 3.8) is 0 Å². The standard InChI is InChI=1S/C20H21FN4O3S/c1-11-23-20(25-28-11)12-5-7-13(8-6-12)24-18(19(22)29-4)14-9-16(26-2)17(27-3)10-15(14)21/h5-10,18,22,24H,1-4H3. The summed E-state index contributed by atoms with van der Waals surface area (Å²) in [5, 5.41) is 15.7. The molecule has 0 radical (unpaired) electrons. The summed E-state index contributed by atoms with van der Waals surface area (Å²) in [5.74, 6) is 1.18. The Morgan fingerprint density at radius 3 is 2.38 bits per heavy atom. The van der Waals surface area contributed by atoms with Crippen molar-refractivity contribution < 1.29 is 18.4 Å². The molecule has 0 aliphatic heterocycles. The number of rotatable bonds is 7. The average Bonchev–Trinajstić information content (AvgIpc) is 3.18. The SMILES string of the molecule is COc1cc(F)c(C(Nc2ccc(-c3noc(C)n3)cc2)C(=N)SC)cc1OC. The molecule has 1 aromatic heterocycles. The van der Waals surface area contributed by atoms with Crippen molar-refractivity contribution in [3.05, 3.63) is 53.7 Å². The number of aryl methyl sites for hydroxylation is 1. The van der Waals surface area contributed by atoms with Gasteiger partial charge in [-0.05, 0) is 36.6 Å². The van der Waals surface area contributed by atoms with Crippen LogP contribution in [0.2, 0.25) is 0 Å². The van der Waals surface area contributed by atoms with Crippen LogP contribution >= 0.6 is 11.8 Å². The predicted octanol–water partition coefficient (Wildman–Crippen LogP) is 4.69. The van der Waals surface area contributed by atoms with Gasteiger partial charge in [0.1, 0.15) is 11.9 Å². The van der Waals surface area contributed by atoms with E-state index in [0.717, 1.165) is 5.56 Å². The van der Waals surface area contributed by atoms with E-state index in [-0.39, 0.29) is 5.04 Å². The molecule has 152 valence electrons. The lowest BCUT2D eigenvalue weighted by atomic mass is 10.0. The fourth-order valence-corrected chi connectivity index (χ4v) is 3.21. The third-order valence-electron chi connectivity index (χ3n) is 4.28. The van der Waals surface area contributed by atoms with Crippen LogP contribution in [0.1, 0.15) is 17.5 Å². The van der Waals surface area contributed by atoms with Crippen LogP contribution in [0.4, 0.5) is 10.1 Å². The quantitative estimate of drug-likeness (QED) is 0.426. The van der Waals surface area contributed by atoms with Crippen molar-refractivity contribution in [2.75, 3.05) is 25.8 Å². The Labute approximate surface area is 172 Å². The molecule has 3 aromatic rings. The Hall–Kier alpha value is -3.07. The van der Waals surface area contributed by atoms with Gasteiger partial charge in [0.25, 0.3) is 0 Å². The molecule has 3 rings (SSSR count). The Morgan fingerprint density at radius 1 is 1.17 bits per heavy atom. The van der Waals surface area contributed by atoms with E-state index in [1.165, 1.54) is 32.0 Å². The summed E-state index contributed by atoms with van der Waals surface area (Å²) in [6, 6.07) is 9.42. The third kappa shape index (κ3) is 4.51. The molecule has 9 heteroatoms. The minimum Gasteiger partial charge on any atom is -0.493 e. The number of aromatic nitrogens is 2. The number of hydrogen-bond acceptors (Lipinski definition) is 8. The molecule has 7 nitrogen and oxygen atoms in total. The molecule has 0 amide bonds. The van der Waals surface area contributed by atoms with Gasteiger partial charge < -0.3 is 19.3 Å². The number of benzene rings is 2. The van der Waals surface area contributed by atoms with Crippen LogP contribution < -0.4 is 14.8 Å². The van der Waals surface area contributed by atoms with Crippen LogP contribution in [0.5, 0.6) is 11.5 Å². The molecular formula is C20H21FN4O3S. The molecule has 0 aliphatic rings. The van der Waals surface area contributed by atoms with Crippen LogP contribution in [0.15, 0.2) is 40.9 Å². The van der Waals surface area contributed by atoms with Gasteiger partial charge in [-0.25, -0.2) is 4.39 Å². The molecule has 0 saturated carbocycles. The highest BCUT2D eigenvalue weighted by Crippen LogP contribution is 2.35. The number of hydrogen-bond donors (Lipinski definition) is 2. The lowest BCUT2D eigenvalue weighted by Gasteiger charge is -2.22. The zero-order valence-electron chi connectivity index (χ0n) is 16.4. The summed E-state index contributed by atoms with van der Waals surface area (Å²) in [6.45, 7) is 1.72. The number of thioether (sulfide) groups is 1. The van der Waals surface area contributed by atoms with E-state index >= 15 is 0 Å². The molecule has 1 atom stereocenters. The summed E-state index contributed by atoms with van der Waals surface area (Å²) in [5.41, 5.74) is 1.80. The largest absolute Gasteiger partial charge is 0.493 e. The summed E-state index contributed by atoms with van der Waals surface area (Å²) < 4.78 is 30.2. The van der Waals surface area contributed by atoms with Crippen LogP contribution in [0.3, 0.4) is 0 Å². The minimum atomic E-state index is -0.692. The molecule has 2 N–H and O–H groups in total. The maximum absolute atomic E-state index is 14.8. The number of methoxy groups -OCH3 is 2. The lowest BCUT2D eigenvalue weighted by Crippen LogP contribution is -2.19. The Balaban J connectivity index is 1.91. The first-order chi connectivity index (χ1) is 14.0. The van der Waals surface area contributed by atoms with Gasteiger partial charge in [-0.15, -0.1) is 11.8 Å². The monoisotopic (exact) mass is 416 g/mol. The normalized spacial score (nSPS) is 11.8. The molecule has 1 heterocycles. The Bertz CT molecular complexity index is 1010. The molecule has 0 spiro atoms. The van der Waals surface area contributed by atoms with Gasteiger partial charge in [0.2, 0.25) is 11.7 Å². The van der Waals surface area contributed by atoms with E-state index in [2.05, 4.69) is 15.5 Å². The molecule has 0 aliphatic carbocycles. The van der Waals surface area contributed by atoms with Gasteiger partial charge in [-0.2, -0.15) is 4.98 Å². The van der Waals surface area contributed by atoms with E-state index < -0.39 is 11.9 Å². The predicted molar refractivity (Wildman–Crippen MR) is 112 cm³/mol. The second-order valence-electron chi connectivity index (χ2n) is 6.09. The highest BCUT2D eigenvalue weighted by molar-refractivity contribution is 8.13. The first-order valence-corrected chi connectivity index (χ1v) is 9.90. The van der Waals surface area contributed by atoms with Crippen LogP contribution in [0, 0.1) is 18.2 Å². The molecular weight excluding hydrogens is 395 g/mol. The smallest absolute Gasteiger partial charge is 0.223 e. The van der Waals surface area contributed by atoms with Crippen LogP contribution in [-0.4, -0.2) is 35.7 Å². The number of anilines is 1. The highest BCUT2D eigenvalue weighted by atomic mass is 32.2. The first kappa shape index (κ1) is 20.7. The van der Waals surface area contributed by atoms with E-state index in [1.54, 1.807) is 19.2 Å². The third-order valence-corrected chi connectivity index (χ3v) is 4.95. The van der Waals surface area contributed by atoms with E-state index in [4.69, 9.17) is 19.4 Å². The topological polar surface area (TPSA) is 93.3 Å². The second-order valence-corrected chi connectivity index (χ2v) is 6.94. The summed E-state index contributed by atoms with van der Waals surface area (Å²) in [6.07, 6.45) is 1.78. The molecule has 0 saturated heterocycles. The van der Waals surface area contributed by atoms with Crippen LogP contribution in [-0.2, 0) is 0 Å². The zero-order valence-corrected chi connectivity index (χ0v) is 17.3. The summed E-state index contributed by atoms with van der Waals surface area (Å²) in [7, 11) is 2.93. The fraction of sp³-hybridized carbons (Fsp3) is 0.250. The molecule has 1 unspecified atom stereocenters. The van der Waals surface area contributed by atoms with Gasteiger partial charge in [0.15, 0.2) is 11.5 Å². The summed E-state index contributed by atoms with van der Waals surface area (Å²) in [4.78, 5) is 4.20. The molecule has 29 heavy (non-hydrogen) atoms. The van der Waals surface area contributed by atoms with Crippen molar-refractivity contribution in [1.82, 2.24) is 10.1 Å². The minimum absolute atomic E-state index is 0.258. The Kier molecular flexibility index (Phi) is 6.38. The fourth-order valence-electron chi connectivity index (χ4n) is 2.79.